The van der Waals surface area contributed by atoms with Gasteiger partial charge >= 0.3 is 0 Å². The molecule has 2 N–H and O–H groups in total. The van der Waals surface area contributed by atoms with Gasteiger partial charge in [-0.25, -0.2) is 4.98 Å². The molecule has 5 nitrogen and oxygen atoms in total. The molecule has 0 saturated carbocycles. The molecule has 0 atom stereocenters. The van der Waals surface area contributed by atoms with Crippen molar-refractivity contribution in [3.8, 4) is 5.75 Å². The molecule has 6 heteroatoms. The third-order valence-electron chi connectivity index (χ3n) is 3.76. The van der Waals surface area contributed by atoms with Gasteiger partial charge in [0, 0.05) is 19.0 Å². The van der Waals surface area contributed by atoms with E-state index in [9.17, 15) is 0 Å². The van der Waals surface area contributed by atoms with Crippen molar-refractivity contribution in [2.24, 2.45) is 10.9 Å². The molecule has 0 aliphatic carbocycles. The number of guanidine groups is 1. The van der Waals surface area contributed by atoms with E-state index in [4.69, 9.17) is 4.74 Å². The lowest BCUT2D eigenvalue weighted by atomic mass is 10.2. The van der Waals surface area contributed by atoms with Gasteiger partial charge in [-0.05, 0) is 29.5 Å². The molecule has 0 saturated heterocycles. The number of benzene rings is 1. The number of hydrogen-bond donors (Lipinski definition) is 2. The maximum atomic E-state index is 5.71. The van der Waals surface area contributed by atoms with E-state index in [1.165, 1.54) is 5.56 Å². The monoisotopic (exact) mass is 374 g/mol. The van der Waals surface area contributed by atoms with Crippen LogP contribution < -0.4 is 15.4 Å². The van der Waals surface area contributed by atoms with Crippen molar-refractivity contribution in [3.63, 3.8) is 0 Å². The highest BCUT2D eigenvalue weighted by molar-refractivity contribution is 7.09. The summed E-state index contributed by atoms with van der Waals surface area (Å²) in [5, 5.41) is 9.84. The molecular weight excluding hydrogens is 344 g/mol. The molecule has 0 aliphatic rings. The van der Waals surface area contributed by atoms with Crippen LogP contribution in [0.1, 0.15) is 49.9 Å². The Kier molecular flexibility index (Phi) is 7.91. The van der Waals surface area contributed by atoms with E-state index in [0.717, 1.165) is 29.0 Å². The molecule has 0 radical (unpaired) electrons. The second-order valence-electron chi connectivity index (χ2n) is 6.95. The summed E-state index contributed by atoms with van der Waals surface area (Å²) in [4.78, 5) is 8.91. The van der Waals surface area contributed by atoms with Crippen LogP contribution in [0.4, 0.5) is 0 Å². The standard InChI is InChI=1S/C20H30N4OS/c1-14(2)12-25-17-8-6-16(7-9-17)10-22-20(21-5)23-11-19-24-18(13-26-19)15(3)4/h6-9,13-15H,10-12H2,1-5H3,(H2,21,22,23). The molecule has 0 fully saturated rings. The van der Waals surface area contributed by atoms with Crippen molar-refractivity contribution in [3.05, 3.63) is 45.9 Å². The molecule has 0 bridgehead atoms. The average Bonchev–Trinajstić information content (AvgIpc) is 3.10. The first kappa shape index (κ1) is 20.2. The number of nitrogens with zero attached hydrogens (tertiary/aromatic N) is 2. The van der Waals surface area contributed by atoms with Gasteiger partial charge in [-0.2, -0.15) is 0 Å². The predicted octanol–water partition coefficient (Wildman–Crippen LogP) is 4.17. The summed E-state index contributed by atoms with van der Waals surface area (Å²) in [6.45, 7) is 10.7. The summed E-state index contributed by atoms with van der Waals surface area (Å²) in [6, 6.07) is 8.18. The summed E-state index contributed by atoms with van der Waals surface area (Å²) < 4.78 is 5.71. The van der Waals surface area contributed by atoms with Gasteiger partial charge in [0.2, 0.25) is 0 Å². The Morgan fingerprint density at radius 3 is 2.38 bits per heavy atom. The van der Waals surface area contributed by atoms with Crippen molar-refractivity contribution in [1.82, 2.24) is 15.6 Å². The number of rotatable bonds is 8. The van der Waals surface area contributed by atoms with Gasteiger partial charge < -0.3 is 15.4 Å². The third kappa shape index (κ3) is 6.67. The Bertz CT molecular complexity index is 692. The van der Waals surface area contributed by atoms with E-state index in [2.05, 4.69) is 65.8 Å². The lowest BCUT2D eigenvalue weighted by molar-refractivity contribution is 0.271. The van der Waals surface area contributed by atoms with Crippen molar-refractivity contribution in [2.45, 2.75) is 46.7 Å². The molecule has 0 amide bonds. The highest BCUT2D eigenvalue weighted by atomic mass is 32.1. The zero-order valence-corrected chi connectivity index (χ0v) is 17.2. The Labute approximate surface area is 160 Å². The molecule has 2 aromatic rings. The molecule has 1 aromatic carbocycles. The smallest absolute Gasteiger partial charge is 0.191 e. The van der Waals surface area contributed by atoms with Crippen LogP contribution in [0.25, 0.3) is 0 Å². The lowest BCUT2D eigenvalue weighted by Crippen LogP contribution is -2.36. The van der Waals surface area contributed by atoms with Crippen LogP contribution in [0.5, 0.6) is 5.75 Å². The van der Waals surface area contributed by atoms with Gasteiger partial charge in [-0.15, -0.1) is 11.3 Å². The number of aromatic nitrogens is 1. The van der Waals surface area contributed by atoms with E-state index >= 15 is 0 Å². The van der Waals surface area contributed by atoms with Crippen LogP contribution in [0.2, 0.25) is 0 Å². The molecule has 2 rings (SSSR count). The van der Waals surface area contributed by atoms with Gasteiger partial charge in [0.25, 0.3) is 0 Å². The Morgan fingerprint density at radius 2 is 1.81 bits per heavy atom. The molecule has 0 unspecified atom stereocenters. The average molecular weight is 375 g/mol. The van der Waals surface area contributed by atoms with Gasteiger partial charge in [0.1, 0.15) is 10.8 Å². The Balaban J connectivity index is 1.79. The van der Waals surface area contributed by atoms with Crippen LogP contribution in [0.15, 0.2) is 34.6 Å². The zero-order valence-electron chi connectivity index (χ0n) is 16.4. The maximum absolute atomic E-state index is 5.71. The Hall–Kier alpha value is -2.08. The number of aliphatic imine (C=N–C) groups is 1. The fourth-order valence-corrected chi connectivity index (χ4v) is 3.10. The predicted molar refractivity (Wildman–Crippen MR) is 110 cm³/mol. The van der Waals surface area contributed by atoms with Crippen LogP contribution in [-0.2, 0) is 13.1 Å². The van der Waals surface area contributed by atoms with Crippen LogP contribution in [-0.4, -0.2) is 24.6 Å². The van der Waals surface area contributed by atoms with Crippen molar-refractivity contribution >= 4 is 17.3 Å². The van der Waals surface area contributed by atoms with Crippen LogP contribution >= 0.6 is 11.3 Å². The van der Waals surface area contributed by atoms with Crippen LogP contribution in [0.3, 0.4) is 0 Å². The summed E-state index contributed by atoms with van der Waals surface area (Å²) in [5.74, 6) is 2.67. The molecule has 0 aliphatic heterocycles. The number of hydrogen-bond acceptors (Lipinski definition) is 4. The minimum atomic E-state index is 0.463. The maximum Gasteiger partial charge on any atom is 0.191 e. The lowest BCUT2D eigenvalue weighted by Gasteiger charge is -2.12. The molecule has 26 heavy (non-hydrogen) atoms. The second kappa shape index (κ2) is 10.2. The van der Waals surface area contributed by atoms with E-state index in [-0.39, 0.29) is 0 Å². The second-order valence-corrected chi connectivity index (χ2v) is 7.89. The fraction of sp³-hybridized carbons (Fsp3) is 0.500. The van der Waals surface area contributed by atoms with Crippen molar-refractivity contribution in [2.75, 3.05) is 13.7 Å². The molecule has 142 valence electrons. The van der Waals surface area contributed by atoms with E-state index < -0.39 is 0 Å². The van der Waals surface area contributed by atoms with E-state index in [1.54, 1.807) is 18.4 Å². The number of ether oxygens (including phenoxy) is 1. The molecule has 0 spiro atoms. The SMILES string of the molecule is CN=C(NCc1ccc(OCC(C)C)cc1)NCc1nc(C(C)C)cs1. The molecule has 1 aromatic heterocycles. The summed E-state index contributed by atoms with van der Waals surface area (Å²) >= 11 is 1.68. The Morgan fingerprint density at radius 1 is 1.12 bits per heavy atom. The minimum absolute atomic E-state index is 0.463. The zero-order chi connectivity index (χ0) is 18.9. The van der Waals surface area contributed by atoms with Gasteiger partial charge in [0.15, 0.2) is 5.96 Å². The van der Waals surface area contributed by atoms with Gasteiger partial charge in [-0.1, -0.05) is 39.8 Å². The normalized spacial score (nSPS) is 11.9. The minimum Gasteiger partial charge on any atom is -0.493 e. The van der Waals surface area contributed by atoms with E-state index in [1.807, 2.05) is 12.1 Å². The molecule has 1 heterocycles. The highest BCUT2D eigenvalue weighted by Crippen LogP contribution is 2.17. The summed E-state index contributed by atoms with van der Waals surface area (Å²) in [6.07, 6.45) is 0. The van der Waals surface area contributed by atoms with Gasteiger partial charge in [-0.3, -0.25) is 4.99 Å². The summed E-state index contributed by atoms with van der Waals surface area (Å²) in [7, 11) is 1.78. The van der Waals surface area contributed by atoms with E-state index in [0.29, 0.717) is 24.9 Å². The first-order valence-electron chi connectivity index (χ1n) is 9.08. The topological polar surface area (TPSA) is 58.5 Å². The van der Waals surface area contributed by atoms with Crippen molar-refractivity contribution in [1.29, 1.82) is 0 Å². The summed E-state index contributed by atoms with van der Waals surface area (Å²) in [5.41, 5.74) is 2.33. The third-order valence-corrected chi connectivity index (χ3v) is 4.63. The van der Waals surface area contributed by atoms with Crippen molar-refractivity contribution < 1.29 is 4.74 Å². The molecular formula is C20H30N4OS. The fourth-order valence-electron chi connectivity index (χ4n) is 2.20. The quantitative estimate of drug-likeness (QED) is 0.538. The first-order valence-corrected chi connectivity index (χ1v) is 9.96. The van der Waals surface area contributed by atoms with Gasteiger partial charge in [0.05, 0.1) is 18.8 Å². The largest absolute Gasteiger partial charge is 0.493 e. The number of nitrogens with one attached hydrogen (secondary N) is 2. The first-order chi connectivity index (χ1) is 12.5. The van der Waals surface area contributed by atoms with Crippen LogP contribution in [0, 0.1) is 5.92 Å². The highest BCUT2D eigenvalue weighted by Gasteiger charge is 2.06. The number of thiazole rings is 1.